The van der Waals surface area contributed by atoms with Gasteiger partial charge in [0, 0.05) is 46.4 Å². The van der Waals surface area contributed by atoms with E-state index in [9.17, 15) is 19.7 Å². The van der Waals surface area contributed by atoms with E-state index >= 15 is 0 Å². The minimum atomic E-state index is -0.441. The second-order valence-electron chi connectivity index (χ2n) is 6.94. The van der Waals surface area contributed by atoms with Gasteiger partial charge in [-0.1, -0.05) is 12.1 Å². The van der Waals surface area contributed by atoms with Crippen molar-refractivity contribution in [3.8, 4) is 0 Å². The van der Waals surface area contributed by atoms with Gasteiger partial charge in [-0.15, -0.1) is 0 Å². The van der Waals surface area contributed by atoms with E-state index in [1.54, 1.807) is 43.1 Å². The number of urea groups is 1. The van der Waals surface area contributed by atoms with Crippen molar-refractivity contribution in [2.75, 3.05) is 34.2 Å². The Labute approximate surface area is 153 Å². The summed E-state index contributed by atoms with van der Waals surface area (Å²) < 4.78 is 0. The third-order valence-electron chi connectivity index (χ3n) is 4.92. The number of likely N-dealkylation sites (tertiary alicyclic amines) is 1. The molecular weight excluding hydrogens is 336 g/mol. The minimum absolute atomic E-state index is 0.00983. The maximum atomic E-state index is 12.9. The monoisotopic (exact) mass is 362 g/mol. The Bertz CT molecular complexity index is 692. The molecule has 0 radical (unpaired) electrons. The molecule has 1 aliphatic heterocycles. The molecule has 0 spiro atoms. The molecule has 2 atom stereocenters. The van der Waals surface area contributed by atoms with Gasteiger partial charge in [-0.2, -0.15) is 0 Å². The summed E-state index contributed by atoms with van der Waals surface area (Å²) in [5.74, 6) is -0.293. The lowest BCUT2D eigenvalue weighted by atomic mass is 9.95. The number of nitrogens with zero attached hydrogens (tertiary/aromatic N) is 4. The molecule has 1 fully saturated rings. The van der Waals surface area contributed by atoms with Crippen LogP contribution in [0.4, 0.5) is 10.5 Å². The predicted octanol–water partition coefficient (Wildman–Crippen LogP) is 2.51. The van der Waals surface area contributed by atoms with Crippen LogP contribution in [0.5, 0.6) is 0 Å². The zero-order valence-electron chi connectivity index (χ0n) is 15.7. The molecule has 1 aromatic carbocycles. The average molecular weight is 362 g/mol. The first-order valence-corrected chi connectivity index (χ1v) is 8.69. The van der Waals surface area contributed by atoms with Gasteiger partial charge in [0.15, 0.2) is 0 Å². The van der Waals surface area contributed by atoms with Gasteiger partial charge in [0.2, 0.25) is 5.91 Å². The van der Waals surface area contributed by atoms with Gasteiger partial charge in [0.25, 0.3) is 5.69 Å². The van der Waals surface area contributed by atoms with Crippen molar-refractivity contribution in [2.24, 2.45) is 5.92 Å². The first kappa shape index (κ1) is 19.7. The quantitative estimate of drug-likeness (QED) is 0.608. The van der Waals surface area contributed by atoms with E-state index in [0.717, 1.165) is 12.8 Å². The topological polar surface area (TPSA) is 87.0 Å². The number of piperidine rings is 1. The number of non-ortho nitro benzene ring substituents is 1. The van der Waals surface area contributed by atoms with Crippen LogP contribution in [-0.2, 0) is 4.79 Å². The fraction of sp³-hybridized carbons (Fsp3) is 0.556. The molecule has 8 heteroatoms. The lowest BCUT2D eigenvalue weighted by Gasteiger charge is -2.36. The van der Waals surface area contributed by atoms with Crippen molar-refractivity contribution < 1.29 is 14.5 Å². The zero-order valence-corrected chi connectivity index (χ0v) is 15.7. The molecule has 142 valence electrons. The van der Waals surface area contributed by atoms with Gasteiger partial charge >= 0.3 is 6.03 Å². The second kappa shape index (κ2) is 8.16. The standard InChI is InChI=1S/C18H26N4O4/c1-13(14-7-5-9-16(11-14)22(25)26)20(4)17(23)15-8-6-10-21(12-15)18(24)19(2)3/h5,7,9,11,13,15H,6,8,10,12H2,1-4H3/t13-,15+/m0/s1. The number of nitro benzene ring substituents is 1. The maximum absolute atomic E-state index is 12.9. The fourth-order valence-corrected chi connectivity index (χ4v) is 3.24. The van der Waals surface area contributed by atoms with Crippen LogP contribution in [0.3, 0.4) is 0 Å². The summed E-state index contributed by atoms with van der Waals surface area (Å²) >= 11 is 0. The zero-order chi connectivity index (χ0) is 19.4. The van der Waals surface area contributed by atoms with Crippen molar-refractivity contribution >= 4 is 17.6 Å². The second-order valence-corrected chi connectivity index (χ2v) is 6.94. The summed E-state index contributed by atoms with van der Waals surface area (Å²) in [7, 11) is 5.10. The van der Waals surface area contributed by atoms with Gasteiger partial charge in [-0.25, -0.2) is 4.79 Å². The molecule has 0 aromatic heterocycles. The summed E-state index contributed by atoms with van der Waals surface area (Å²) in [6, 6.07) is 5.96. The minimum Gasteiger partial charge on any atom is -0.339 e. The number of carbonyl (C=O) groups excluding carboxylic acids is 2. The van der Waals surface area contributed by atoms with E-state index in [1.165, 1.54) is 17.0 Å². The van der Waals surface area contributed by atoms with E-state index in [2.05, 4.69) is 0 Å². The van der Waals surface area contributed by atoms with Crippen LogP contribution in [0, 0.1) is 16.0 Å². The highest BCUT2D eigenvalue weighted by molar-refractivity contribution is 5.81. The summed E-state index contributed by atoms with van der Waals surface area (Å²) in [4.78, 5) is 40.4. The maximum Gasteiger partial charge on any atom is 0.319 e. The molecular formula is C18H26N4O4. The van der Waals surface area contributed by atoms with E-state index in [4.69, 9.17) is 0 Å². The Morgan fingerprint density at radius 3 is 2.62 bits per heavy atom. The van der Waals surface area contributed by atoms with Crippen LogP contribution in [0.2, 0.25) is 0 Å². The molecule has 0 unspecified atom stereocenters. The highest BCUT2D eigenvalue weighted by Gasteiger charge is 2.32. The smallest absolute Gasteiger partial charge is 0.319 e. The van der Waals surface area contributed by atoms with Crippen LogP contribution in [-0.4, -0.2) is 65.8 Å². The first-order chi connectivity index (χ1) is 12.2. The molecule has 26 heavy (non-hydrogen) atoms. The van der Waals surface area contributed by atoms with Crippen LogP contribution in [0.25, 0.3) is 0 Å². The number of rotatable bonds is 4. The summed E-state index contributed by atoms with van der Waals surface area (Å²) in [5, 5.41) is 11.0. The SMILES string of the molecule is C[C@@H](c1cccc([N+](=O)[O-])c1)N(C)C(=O)[C@@H]1CCCN(C(=O)N(C)C)C1. The van der Waals surface area contributed by atoms with Crippen molar-refractivity contribution in [3.05, 3.63) is 39.9 Å². The fourth-order valence-electron chi connectivity index (χ4n) is 3.24. The summed E-state index contributed by atoms with van der Waals surface area (Å²) in [6.45, 7) is 2.91. The van der Waals surface area contributed by atoms with E-state index in [-0.39, 0.29) is 29.6 Å². The number of benzene rings is 1. The Morgan fingerprint density at radius 1 is 1.31 bits per heavy atom. The molecule has 3 amide bonds. The summed E-state index contributed by atoms with van der Waals surface area (Å²) in [6.07, 6.45) is 1.52. The molecule has 0 N–H and O–H groups in total. The van der Waals surface area contributed by atoms with E-state index < -0.39 is 4.92 Å². The van der Waals surface area contributed by atoms with Crippen LogP contribution >= 0.6 is 0 Å². The molecule has 0 saturated carbocycles. The first-order valence-electron chi connectivity index (χ1n) is 8.69. The van der Waals surface area contributed by atoms with Crippen molar-refractivity contribution in [3.63, 3.8) is 0 Å². The lowest BCUT2D eigenvalue weighted by Crippen LogP contribution is -2.49. The number of hydrogen-bond acceptors (Lipinski definition) is 4. The molecule has 8 nitrogen and oxygen atoms in total. The van der Waals surface area contributed by atoms with E-state index in [1.807, 2.05) is 6.92 Å². The Balaban J connectivity index is 2.09. The molecule has 0 bridgehead atoms. The third-order valence-corrected chi connectivity index (χ3v) is 4.92. The molecule has 1 heterocycles. The lowest BCUT2D eigenvalue weighted by molar-refractivity contribution is -0.384. The van der Waals surface area contributed by atoms with Gasteiger partial charge in [0.1, 0.15) is 0 Å². The summed E-state index contributed by atoms with van der Waals surface area (Å²) in [5.41, 5.74) is 0.725. The number of nitro groups is 1. The molecule has 0 aliphatic carbocycles. The van der Waals surface area contributed by atoms with Gasteiger partial charge in [0.05, 0.1) is 16.9 Å². The van der Waals surface area contributed by atoms with Crippen molar-refractivity contribution in [2.45, 2.75) is 25.8 Å². The Morgan fingerprint density at radius 2 is 2.00 bits per heavy atom. The molecule has 2 rings (SSSR count). The molecule has 1 saturated heterocycles. The van der Waals surface area contributed by atoms with Crippen LogP contribution in [0.1, 0.15) is 31.4 Å². The highest BCUT2D eigenvalue weighted by Crippen LogP contribution is 2.26. The molecule has 1 aliphatic rings. The third kappa shape index (κ3) is 4.30. The van der Waals surface area contributed by atoms with Crippen LogP contribution in [0.15, 0.2) is 24.3 Å². The van der Waals surface area contributed by atoms with E-state index in [0.29, 0.717) is 18.7 Å². The van der Waals surface area contributed by atoms with Crippen molar-refractivity contribution in [1.82, 2.24) is 14.7 Å². The highest BCUT2D eigenvalue weighted by atomic mass is 16.6. The van der Waals surface area contributed by atoms with Gasteiger partial charge < -0.3 is 14.7 Å². The van der Waals surface area contributed by atoms with Gasteiger partial charge in [-0.3, -0.25) is 14.9 Å². The largest absolute Gasteiger partial charge is 0.339 e. The predicted molar refractivity (Wildman–Crippen MR) is 97.7 cm³/mol. The Hall–Kier alpha value is -2.64. The average Bonchev–Trinajstić information content (AvgIpc) is 2.65. The number of carbonyl (C=O) groups is 2. The van der Waals surface area contributed by atoms with Crippen molar-refractivity contribution in [1.29, 1.82) is 0 Å². The molecule has 1 aromatic rings. The van der Waals surface area contributed by atoms with Gasteiger partial charge in [-0.05, 0) is 25.3 Å². The number of amides is 3. The normalized spacial score (nSPS) is 18.2. The van der Waals surface area contributed by atoms with Crippen LogP contribution < -0.4 is 0 Å². The Kier molecular flexibility index (Phi) is 6.18. The number of hydrogen-bond donors (Lipinski definition) is 0.